The Morgan fingerprint density at radius 2 is 1.16 bits per heavy atom. The summed E-state index contributed by atoms with van der Waals surface area (Å²) in [5.41, 5.74) is 0.549. The van der Waals surface area contributed by atoms with Gasteiger partial charge in [-0.15, -0.1) is 47.0 Å². The van der Waals surface area contributed by atoms with Gasteiger partial charge in [0.15, 0.2) is 0 Å². The highest BCUT2D eigenvalue weighted by Gasteiger charge is 2.29. The number of unbranched alkanes of at least 4 members (excludes halogenated alkanes) is 7. The van der Waals surface area contributed by atoms with Gasteiger partial charge in [-0.25, -0.2) is 4.79 Å². The zero-order valence-corrected chi connectivity index (χ0v) is 28.9. The van der Waals surface area contributed by atoms with Crippen LogP contribution in [0.4, 0.5) is 0 Å². The maximum atomic E-state index is 11.5. The molecule has 1 aromatic carbocycles. The van der Waals surface area contributed by atoms with Crippen molar-refractivity contribution in [2.24, 2.45) is 0 Å². The average Bonchev–Trinajstić information content (AvgIpc) is 3.57. The molecular formula is C27H36O3S8. The molecule has 0 bridgehead atoms. The quantitative estimate of drug-likeness (QED) is 0.118. The molecule has 2 aliphatic rings. The van der Waals surface area contributed by atoms with Gasteiger partial charge in [0.2, 0.25) is 0 Å². The number of esters is 1. The number of ether oxygens (including phenoxy) is 2. The Labute approximate surface area is 262 Å². The standard InChI is InChI=1S/C27H36O3S8/c1-29-21(28)19-13-15-20(16-14-19)30-17-11-9-7-5-6-8-10-12-18-34-25-24(33-4)37-27(38-25)26-35-22(31-2)23(32-3)36-26/h13-16H,5-12,17-18H2,1-4H3. The molecule has 0 amide bonds. The smallest absolute Gasteiger partial charge is 0.337 e. The third-order valence-corrected chi connectivity index (χ3v) is 16.8. The topological polar surface area (TPSA) is 35.5 Å². The summed E-state index contributed by atoms with van der Waals surface area (Å²) in [7, 11) is 1.39. The molecule has 0 unspecified atom stereocenters. The van der Waals surface area contributed by atoms with E-state index < -0.39 is 0 Å². The van der Waals surface area contributed by atoms with Gasteiger partial charge in [-0.05, 0) is 61.6 Å². The highest BCUT2D eigenvalue weighted by Crippen LogP contribution is 2.65. The average molecular weight is 665 g/mol. The number of carbonyl (C=O) groups excluding carboxylic acids is 1. The van der Waals surface area contributed by atoms with E-state index in [1.54, 1.807) is 12.1 Å². The van der Waals surface area contributed by atoms with Gasteiger partial charge in [-0.3, -0.25) is 0 Å². The molecule has 210 valence electrons. The minimum absolute atomic E-state index is 0.318. The van der Waals surface area contributed by atoms with Gasteiger partial charge < -0.3 is 9.47 Å². The molecule has 2 heterocycles. The molecule has 0 aromatic heterocycles. The fourth-order valence-corrected chi connectivity index (χ4v) is 14.4. The molecule has 38 heavy (non-hydrogen) atoms. The Hall–Kier alpha value is 0.510. The van der Waals surface area contributed by atoms with Crippen LogP contribution in [0.2, 0.25) is 0 Å². The molecule has 0 spiro atoms. The maximum Gasteiger partial charge on any atom is 0.337 e. The summed E-state index contributed by atoms with van der Waals surface area (Å²) in [4.78, 5) is 11.5. The highest BCUT2D eigenvalue weighted by atomic mass is 32.3. The van der Waals surface area contributed by atoms with E-state index in [9.17, 15) is 4.79 Å². The van der Waals surface area contributed by atoms with E-state index in [-0.39, 0.29) is 5.97 Å². The number of benzene rings is 1. The molecule has 0 atom stereocenters. The van der Waals surface area contributed by atoms with Gasteiger partial charge in [0.05, 0.1) is 44.7 Å². The van der Waals surface area contributed by atoms with Crippen molar-refractivity contribution in [3.8, 4) is 5.75 Å². The van der Waals surface area contributed by atoms with Crippen molar-refractivity contribution in [2.75, 3.05) is 38.2 Å². The summed E-state index contributed by atoms with van der Waals surface area (Å²) < 4.78 is 19.4. The lowest BCUT2D eigenvalue weighted by molar-refractivity contribution is 0.0600. The fraction of sp³-hybridized carbons (Fsp3) is 0.519. The SMILES string of the molecule is COC(=O)c1ccc(OCCCCCCCCCCSC2=C(SC)SC(=C3SC(SC)=C(SC)S3)S2)cc1. The summed E-state index contributed by atoms with van der Waals surface area (Å²) in [5.74, 6) is 1.71. The van der Waals surface area contributed by atoms with Crippen LogP contribution in [0, 0.1) is 0 Å². The van der Waals surface area contributed by atoms with Crippen LogP contribution in [-0.4, -0.2) is 44.2 Å². The van der Waals surface area contributed by atoms with Gasteiger partial charge >= 0.3 is 5.97 Å². The summed E-state index contributed by atoms with van der Waals surface area (Å²) in [6, 6.07) is 7.15. The van der Waals surface area contributed by atoms with Crippen molar-refractivity contribution in [2.45, 2.75) is 51.4 Å². The Bertz CT molecular complexity index is 986. The van der Waals surface area contributed by atoms with Crippen LogP contribution < -0.4 is 4.74 Å². The number of carbonyl (C=O) groups is 1. The Kier molecular flexibility index (Phi) is 16.4. The van der Waals surface area contributed by atoms with E-state index in [1.807, 2.05) is 94.5 Å². The molecule has 3 nitrogen and oxygen atoms in total. The van der Waals surface area contributed by atoms with Crippen molar-refractivity contribution >= 4 is 100 Å². The number of thioether (sulfide) groups is 8. The molecule has 0 aliphatic carbocycles. The summed E-state index contributed by atoms with van der Waals surface area (Å²) in [5, 5.41) is 0. The molecule has 0 fully saturated rings. The first-order valence-electron chi connectivity index (χ1n) is 12.6. The lowest BCUT2D eigenvalue weighted by Crippen LogP contribution is -2.01. The van der Waals surface area contributed by atoms with Crippen molar-refractivity contribution in [3.05, 3.63) is 55.3 Å². The normalized spacial score (nSPS) is 15.7. The van der Waals surface area contributed by atoms with Crippen LogP contribution in [0.1, 0.15) is 61.7 Å². The molecule has 11 heteroatoms. The van der Waals surface area contributed by atoms with Crippen LogP contribution in [0.5, 0.6) is 5.75 Å². The van der Waals surface area contributed by atoms with Gasteiger partial charge in [-0.1, -0.05) is 85.6 Å². The molecule has 1 aromatic rings. The minimum Gasteiger partial charge on any atom is -0.494 e. The Morgan fingerprint density at radius 3 is 1.68 bits per heavy atom. The van der Waals surface area contributed by atoms with E-state index in [0.29, 0.717) is 5.56 Å². The third kappa shape index (κ3) is 10.7. The highest BCUT2D eigenvalue weighted by molar-refractivity contribution is 8.44. The second-order valence-corrected chi connectivity index (χ2v) is 17.5. The zero-order valence-electron chi connectivity index (χ0n) is 22.4. The second kappa shape index (κ2) is 18.8. The van der Waals surface area contributed by atoms with Crippen LogP contribution >= 0.6 is 94.1 Å². The van der Waals surface area contributed by atoms with Crippen molar-refractivity contribution in [1.82, 2.24) is 0 Å². The van der Waals surface area contributed by atoms with Crippen LogP contribution in [0.15, 0.2) is 49.7 Å². The summed E-state index contributed by atoms with van der Waals surface area (Å²) in [6.07, 6.45) is 16.7. The largest absolute Gasteiger partial charge is 0.494 e. The first kappa shape index (κ1) is 33.0. The monoisotopic (exact) mass is 664 g/mol. The number of rotatable bonds is 17. The molecular weight excluding hydrogens is 629 g/mol. The molecule has 3 rings (SSSR count). The Morgan fingerprint density at radius 1 is 0.684 bits per heavy atom. The van der Waals surface area contributed by atoms with E-state index in [4.69, 9.17) is 9.47 Å². The lowest BCUT2D eigenvalue weighted by Gasteiger charge is -2.07. The number of methoxy groups -OCH3 is 1. The summed E-state index contributed by atoms with van der Waals surface area (Å²) in [6.45, 7) is 0.725. The molecule has 2 aliphatic heterocycles. The first-order chi connectivity index (χ1) is 18.6. The first-order valence-corrected chi connectivity index (χ1v) is 20.5. The van der Waals surface area contributed by atoms with E-state index in [0.717, 1.165) is 18.8 Å². The minimum atomic E-state index is -0.318. The molecule has 0 radical (unpaired) electrons. The molecule has 0 saturated heterocycles. The predicted molar refractivity (Wildman–Crippen MR) is 185 cm³/mol. The van der Waals surface area contributed by atoms with Crippen LogP contribution in [0.25, 0.3) is 0 Å². The Balaban J connectivity index is 1.20. The van der Waals surface area contributed by atoms with Gasteiger partial charge in [0, 0.05) is 0 Å². The number of hydrogen-bond acceptors (Lipinski definition) is 11. The van der Waals surface area contributed by atoms with Crippen molar-refractivity contribution in [1.29, 1.82) is 0 Å². The van der Waals surface area contributed by atoms with Crippen LogP contribution in [-0.2, 0) is 4.74 Å². The fourth-order valence-electron chi connectivity index (χ4n) is 3.60. The maximum absolute atomic E-state index is 11.5. The predicted octanol–water partition coefficient (Wildman–Crippen LogP) is 11.1. The molecule has 0 N–H and O–H groups in total. The number of hydrogen-bond donors (Lipinski definition) is 0. The van der Waals surface area contributed by atoms with Gasteiger partial charge in [0.1, 0.15) is 5.75 Å². The molecule has 0 saturated carbocycles. The van der Waals surface area contributed by atoms with Crippen LogP contribution in [0.3, 0.4) is 0 Å². The van der Waals surface area contributed by atoms with Gasteiger partial charge in [0.25, 0.3) is 0 Å². The zero-order chi connectivity index (χ0) is 27.2. The van der Waals surface area contributed by atoms with E-state index in [1.165, 1.54) is 83.2 Å². The summed E-state index contributed by atoms with van der Waals surface area (Å²) >= 11 is 15.6. The van der Waals surface area contributed by atoms with Gasteiger partial charge in [-0.2, -0.15) is 0 Å². The van der Waals surface area contributed by atoms with Crippen molar-refractivity contribution in [3.63, 3.8) is 0 Å². The van der Waals surface area contributed by atoms with E-state index in [2.05, 4.69) is 30.5 Å². The van der Waals surface area contributed by atoms with E-state index >= 15 is 0 Å². The lowest BCUT2D eigenvalue weighted by atomic mass is 10.1. The third-order valence-electron chi connectivity index (χ3n) is 5.61. The van der Waals surface area contributed by atoms with Crippen molar-refractivity contribution < 1.29 is 14.3 Å². The second-order valence-electron chi connectivity index (χ2n) is 8.29.